The summed E-state index contributed by atoms with van der Waals surface area (Å²) in [6.07, 6.45) is 4.02. The lowest BCUT2D eigenvalue weighted by molar-refractivity contribution is 0.0520. The van der Waals surface area contributed by atoms with Crippen LogP contribution >= 0.6 is 0 Å². The average Bonchev–Trinajstić information content (AvgIpc) is 2.92. The smallest absolute Gasteiger partial charge is 0.408 e. The van der Waals surface area contributed by atoms with Crippen molar-refractivity contribution in [2.24, 2.45) is 0 Å². The third-order valence-corrected chi connectivity index (χ3v) is 3.03. The normalized spacial score (nSPS) is 11.3. The van der Waals surface area contributed by atoms with E-state index in [9.17, 15) is 4.79 Å². The summed E-state index contributed by atoms with van der Waals surface area (Å²) >= 11 is 0. The molecule has 0 spiro atoms. The van der Waals surface area contributed by atoms with Crippen LogP contribution in [0, 0.1) is 0 Å². The first-order valence-electron chi connectivity index (χ1n) is 7.38. The Morgan fingerprint density at radius 2 is 2.09 bits per heavy atom. The molecule has 2 aromatic heterocycles. The second-order valence-electron chi connectivity index (χ2n) is 6.01. The van der Waals surface area contributed by atoms with E-state index in [4.69, 9.17) is 9.15 Å². The number of carbonyl (C=O) groups is 1. The Morgan fingerprint density at radius 3 is 2.77 bits per heavy atom. The molecular weight excluding hydrogens is 280 g/mol. The van der Waals surface area contributed by atoms with Crippen molar-refractivity contribution in [2.75, 3.05) is 0 Å². The third-order valence-electron chi connectivity index (χ3n) is 3.03. The summed E-state index contributed by atoms with van der Waals surface area (Å²) < 4.78 is 11.0. The lowest BCUT2D eigenvalue weighted by Gasteiger charge is -2.19. The molecule has 2 heterocycles. The maximum atomic E-state index is 11.6. The lowest BCUT2D eigenvalue weighted by atomic mass is 10.1. The second-order valence-corrected chi connectivity index (χ2v) is 6.01. The number of amides is 1. The number of rotatable bonds is 4. The minimum absolute atomic E-state index is 0.288. The molecule has 0 bridgehead atoms. The van der Waals surface area contributed by atoms with Crippen molar-refractivity contribution >= 4 is 6.09 Å². The van der Waals surface area contributed by atoms with Crippen LogP contribution in [0.5, 0.6) is 0 Å². The molecule has 0 aliphatic carbocycles. The quantitative estimate of drug-likeness (QED) is 0.929. The summed E-state index contributed by atoms with van der Waals surface area (Å²) in [5.74, 6) is 1.43. The topological polar surface area (TPSA) is 64.4 Å². The van der Waals surface area contributed by atoms with Crippen LogP contribution < -0.4 is 5.32 Å². The first-order chi connectivity index (χ1) is 10.4. The third kappa shape index (κ3) is 4.35. The molecule has 0 saturated carbocycles. The van der Waals surface area contributed by atoms with Crippen molar-refractivity contribution in [1.82, 2.24) is 10.3 Å². The minimum atomic E-state index is -0.510. The van der Waals surface area contributed by atoms with Crippen molar-refractivity contribution < 1.29 is 13.9 Å². The van der Waals surface area contributed by atoms with Gasteiger partial charge in [0.15, 0.2) is 0 Å². The highest BCUT2D eigenvalue weighted by Gasteiger charge is 2.16. The largest absolute Gasteiger partial charge is 0.459 e. The van der Waals surface area contributed by atoms with Gasteiger partial charge >= 0.3 is 6.09 Å². The van der Waals surface area contributed by atoms with E-state index >= 15 is 0 Å². The molecule has 0 aliphatic rings. The number of pyridine rings is 1. The van der Waals surface area contributed by atoms with Gasteiger partial charge in [0.25, 0.3) is 0 Å². The maximum Gasteiger partial charge on any atom is 0.408 e. The van der Waals surface area contributed by atoms with Gasteiger partial charge in [0.05, 0.1) is 6.54 Å². The highest BCUT2D eigenvalue weighted by atomic mass is 16.6. The van der Waals surface area contributed by atoms with Gasteiger partial charge in [-0.15, -0.1) is 0 Å². The number of carbonyl (C=O) groups excluding carboxylic acids is 1. The average molecular weight is 302 g/mol. The van der Waals surface area contributed by atoms with Crippen molar-refractivity contribution in [3.8, 4) is 11.3 Å². The van der Waals surface area contributed by atoms with Crippen LogP contribution in [-0.4, -0.2) is 16.7 Å². The van der Waals surface area contributed by atoms with Crippen LogP contribution in [0.15, 0.2) is 35.0 Å². The Labute approximate surface area is 130 Å². The number of nitrogens with one attached hydrogen (secondary N) is 1. The zero-order valence-corrected chi connectivity index (χ0v) is 13.5. The van der Waals surface area contributed by atoms with Crippen LogP contribution in [0.1, 0.15) is 39.0 Å². The van der Waals surface area contributed by atoms with Crippen molar-refractivity contribution in [3.05, 3.63) is 41.9 Å². The molecule has 5 heteroatoms. The minimum Gasteiger partial charge on any atom is -0.459 e. The van der Waals surface area contributed by atoms with Crippen LogP contribution in [0.2, 0.25) is 0 Å². The van der Waals surface area contributed by atoms with Gasteiger partial charge in [0.2, 0.25) is 0 Å². The Kier molecular flexibility index (Phi) is 4.85. The Hall–Kier alpha value is -2.30. The Morgan fingerprint density at radius 1 is 1.32 bits per heavy atom. The number of aromatic nitrogens is 1. The Balaban J connectivity index is 2.02. The van der Waals surface area contributed by atoms with E-state index < -0.39 is 11.7 Å². The highest BCUT2D eigenvalue weighted by Crippen LogP contribution is 2.25. The van der Waals surface area contributed by atoms with E-state index in [1.807, 2.05) is 39.0 Å². The van der Waals surface area contributed by atoms with Crippen LogP contribution in [0.4, 0.5) is 4.79 Å². The summed E-state index contributed by atoms with van der Waals surface area (Å²) in [7, 11) is 0. The summed E-state index contributed by atoms with van der Waals surface area (Å²) in [6, 6.07) is 5.72. The van der Waals surface area contributed by atoms with E-state index in [1.54, 1.807) is 12.4 Å². The fourth-order valence-corrected chi connectivity index (χ4v) is 2.04. The molecule has 0 radical (unpaired) electrons. The standard InChI is InChI=1S/C17H22N2O3/c1-5-12-8-9-18-11-14(12)15-7-6-13(21-15)10-19-16(20)22-17(2,3)4/h6-9,11H,5,10H2,1-4H3,(H,19,20). The molecule has 0 aromatic carbocycles. The van der Waals surface area contributed by atoms with Gasteiger partial charge in [0, 0.05) is 18.0 Å². The zero-order valence-electron chi connectivity index (χ0n) is 13.5. The van der Waals surface area contributed by atoms with E-state index in [1.165, 1.54) is 5.56 Å². The molecule has 1 N–H and O–H groups in total. The van der Waals surface area contributed by atoms with Gasteiger partial charge in [-0.1, -0.05) is 6.92 Å². The summed E-state index contributed by atoms with van der Waals surface area (Å²) in [5.41, 5.74) is 1.65. The second kappa shape index (κ2) is 6.64. The fraction of sp³-hybridized carbons (Fsp3) is 0.412. The lowest BCUT2D eigenvalue weighted by Crippen LogP contribution is -2.32. The van der Waals surface area contributed by atoms with Gasteiger partial charge in [-0.3, -0.25) is 4.98 Å². The fourth-order valence-electron chi connectivity index (χ4n) is 2.04. The summed E-state index contributed by atoms with van der Waals surface area (Å²) in [4.78, 5) is 15.8. The number of hydrogen-bond donors (Lipinski definition) is 1. The van der Waals surface area contributed by atoms with E-state index in [2.05, 4.69) is 17.2 Å². The molecule has 1 amide bonds. The molecule has 0 atom stereocenters. The van der Waals surface area contributed by atoms with Gasteiger partial charge in [-0.2, -0.15) is 0 Å². The SMILES string of the molecule is CCc1ccncc1-c1ccc(CNC(=O)OC(C)(C)C)o1. The molecular formula is C17H22N2O3. The number of ether oxygens (including phenoxy) is 1. The van der Waals surface area contributed by atoms with Crippen LogP contribution in [-0.2, 0) is 17.7 Å². The van der Waals surface area contributed by atoms with E-state index in [0.29, 0.717) is 5.76 Å². The van der Waals surface area contributed by atoms with E-state index in [-0.39, 0.29) is 6.54 Å². The number of alkyl carbamates (subject to hydrolysis) is 1. The Bertz CT molecular complexity index is 641. The molecule has 0 unspecified atom stereocenters. The van der Waals surface area contributed by atoms with Gasteiger partial charge < -0.3 is 14.5 Å². The predicted octanol–water partition coefficient (Wildman–Crippen LogP) is 3.93. The van der Waals surface area contributed by atoms with Crippen molar-refractivity contribution in [3.63, 3.8) is 0 Å². The number of aryl methyl sites for hydroxylation is 1. The molecule has 118 valence electrons. The predicted molar refractivity (Wildman–Crippen MR) is 84.4 cm³/mol. The molecule has 5 nitrogen and oxygen atoms in total. The molecule has 22 heavy (non-hydrogen) atoms. The first-order valence-corrected chi connectivity index (χ1v) is 7.38. The number of furan rings is 1. The van der Waals surface area contributed by atoms with Crippen LogP contribution in [0.3, 0.4) is 0 Å². The molecule has 2 aromatic rings. The highest BCUT2D eigenvalue weighted by molar-refractivity contribution is 5.67. The monoisotopic (exact) mass is 302 g/mol. The summed E-state index contributed by atoms with van der Waals surface area (Å²) in [6.45, 7) is 7.86. The molecule has 0 fully saturated rings. The number of nitrogens with zero attached hydrogens (tertiary/aromatic N) is 1. The number of hydrogen-bond acceptors (Lipinski definition) is 4. The molecule has 2 rings (SSSR count). The summed E-state index contributed by atoms with van der Waals surface area (Å²) in [5, 5.41) is 2.68. The first kappa shape index (κ1) is 16.1. The van der Waals surface area contributed by atoms with Gasteiger partial charge in [-0.25, -0.2) is 4.79 Å². The zero-order chi connectivity index (χ0) is 16.2. The molecule has 0 saturated heterocycles. The maximum absolute atomic E-state index is 11.6. The van der Waals surface area contributed by atoms with Crippen molar-refractivity contribution in [2.45, 2.75) is 46.3 Å². The van der Waals surface area contributed by atoms with Gasteiger partial charge in [-0.05, 0) is 51.0 Å². The molecule has 0 aliphatic heterocycles. The van der Waals surface area contributed by atoms with Crippen LogP contribution in [0.25, 0.3) is 11.3 Å². The van der Waals surface area contributed by atoms with Crippen molar-refractivity contribution in [1.29, 1.82) is 0 Å². The van der Waals surface area contributed by atoms with Gasteiger partial charge in [0.1, 0.15) is 17.1 Å². The van der Waals surface area contributed by atoms with E-state index in [0.717, 1.165) is 17.7 Å².